The summed E-state index contributed by atoms with van der Waals surface area (Å²) in [7, 11) is 0. The third-order valence-electron chi connectivity index (χ3n) is 3.51. The van der Waals surface area contributed by atoms with Crippen molar-refractivity contribution in [2.45, 2.75) is 72.5 Å². The smallest absolute Gasteiger partial charge is 0.0558 e. The lowest BCUT2D eigenvalue weighted by Gasteiger charge is -2.46. The summed E-state index contributed by atoms with van der Waals surface area (Å²) in [5.74, 6) is 0. The zero-order valence-electron chi connectivity index (χ0n) is 12.5. The van der Waals surface area contributed by atoms with Gasteiger partial charge in [0.15, 0.2) is 0 Å². The topological polar surface area (TPSA) is 49.5 Å². The number of nitrogens with two attached hydrogens (primary N) is 1. The van der Waals surface area contributed by atoms with Crippen molar-refractivity contribution in [2.24, 2.45) is 11.1 Å². The summed E-state index contributed by atoms with van der Waals surface area (Å²) in [5.41, 5.74) is 6.31. The first-order valence-corrected chi connectivity index (χ1v) is 6.91. The molecule has 0 radical (unpaired) electrons. The minimum absolute atomic E-state index is 0.113. The quantitative estimate of drug-likeness (QED) is 0.722. The predicted molar refractivity (Wildman–Crippen MR) is 75.1 cm³/mol. The molecule has 0 aliphatic heterocycles. The molecule has 0 bridgehead atoms. The van der Waals surface area contributed by atoms with Gasteiger partial charge in [0, 0.05) is 24.7 Å². The molecule has 3 heteroatoms. The third kappa shape index (κ3) is 4.94. The normalized spacial score (nSPS) is 16.6. The second-order valence-electron chi connectivity index (χ2n) is 6.10. The van der Waals surface area contributed by atoms with Crippen molar-refractivity contribution in [3.05, 3.63) is 0 Å². The average molecular weight is 244 g/mol. The molecule has 0 aromatic rings. The van der Waals surface area contributed by atoms with Crippen molar-refractivity contribution in [1.29, 1.82) is 0 Å². The van der Waals surface area contributed by atoms with Gasteiger partial charge < -0.3 is 10.8 Å². The van der Waals surface area contributed by atoms with Gasteiger partial charge in [-0.15, -0.1) is 0 Å². The van der Waals surface area contributed by atoms with Crippen LogP contribution < -0.4 is 5.73 Å². The summed E-state index contributed by atoms with van der Waals surface area (Å²) in [4.78, 5) is 2.41. The monoisotopic (exact) mass is 244 g/mol. The molecule has 2 atom stereocenters. The molecule has 0 fully saturated rings. The maximum atomic E-state index is 9.29. The van der Waals surface area contributed by atoms with Gasteiger partial charge in [0.1, 0.15) is 0 Å². The van der Waals surface area contributed by atoms with Crippen LogP contribution >= 0.6 is 0 Å². The van der Waals surface area contributed by atoms with Crippen LogP contribution in [0.4, 0.5) is 0 Å². The van der Waals surface area contributed by atoms with E-state index in [1.807, 2.05) is 0 Å². The molecule has 3 N–H and O–H groups in total. The summed E-state index contributed by atoms with van der Waals surface area (Å²) in [6.07, 6.45) is 2.21. The molecule has 0 aromatic carbocycles. The first-order valence-electron chi connectivity index (χ1n) is 6.91. The molecule has 0 aromatic heterocycles. The van der Waals surface area contributed by atoms with Gasteiger partial charge in [0.2, 0.25) is 0 Å². The molecule has 3 nitrogen and oxygen atoms in total. The van der Waals surface area contributed by atoms with Crippen LogP contribution in [0.1, 0.15) is 54.4 Å². The lowest BCUT2D eigenvalue weighted by atomic mass is 9.80. The molecule has 104 valence electrons. The van der Waals surface area contributed by atoms with E-state index in [2.05, 4.69) is 46.4 Å². The molecule has 0 aliphatic rings. The number of nitrogens with zero attached hydrogens (tertiary/aromatic N) is 1. The zero-order chi connectivity index (χ0) is 13.6. The van der Waals surface area contributed by atoms with Gasteiger partial charge in [-0.25, -0.2) is 0 Å². The minimum Gasteiger partial charge on any atom is -0.395 e. The molecule has 0 saturated carbocycles. The van der Waals surface area contributed by atoms with Crippen LogP contribution in [-0.4, -0.2) is 41.3 Å². The van der Waals surface area contributed by atoms with Crippen molar-refractivity contribution in [2.75, 3.05) is 13.2 Å². The van der Waals surface area contributed by atoms with Crippen LogP contribution in [0, 0.1) is 5.41 Å². The van der Waals surface area contributed by atoms with E-state index in [9.17, 15) is 5.11 Å². The van der Waals surface area contributed by atoms with Gasteiger partial charge in [0.05, 0.1) is 6.61 Å². The van der Waals surface area contributed by atoms with Crippen molar-refractivity contribution in [3.63, 3.8) is 0 Å². The fourth-order valence-corrected chi connectivity index (χ4v) is 3.01. The van der Waals surface area contributed by atoms with E-state index in [-0.39, 0.29) is 18.1 Å². The average Bonchev–Trinajstić information content (AvgIpc) is 2.17. The van der Waals surface area contributed by atoms with E-state index in [1.165, 1.54) is 0 Å². The lowest BCUT2D eigenvalue weighted by molar-refractivity contribution is 0.0268. The van der Waals surface area contributed by atoms with Gasteiger partial charge in [-0.3, -0.25) is 4.90 Å². The highest BCUT2D eigenvalue weighted by Gasteiger charge is 2.35. The van der Waals surface area contributed by atoms with E-state index in [0.717, 1.165) is 19.4 Å². The predicted octanol–water partition coefficient (Wildman–Crippen LogP) is 2.23. The maximum absolute atomic E-state index is 9.29. The standard InChI is InChI=1S/C14H32N2O/c1-7-12(8-2)16(9-10-17)13(11(3)15)14(4,5)6/h11-13,17H,7-10,15H2,1-6H3. The Morgan fingerprint density at radius 3 is 1.88 bits per heavy atom. The highest BCUT2D eigenvalue weighted by atomic mass is 16.3. The highest BCUT2D eigenvalue weighted by molar-refractivity contribution is 4.91. The maximum Gasteiger partial charge on any atom is 0.0558 e. The summed E-state index contributed by atoms with van der Waals surface area (Å²) >= 11 is 0. The molecule has 0 spiro atoms. The minimum atomic E-state index is 0.113. The van der Waals surface area contributed by atoms with Crippen molar-refractivity contribution >= 4 is 0 Å². The summed E-state index contributed by atoms with van der Waals surface area (Å²) in [6.45, 7) is 14.1. The Labute approximate surface area is 107 Å². The second kappa shape index (κ2) is 7.34. The van der Waals surface area contributed by atoms with Crippen molar-refractivity contribution in [3.8, 4) is 0 Å². The Hall–Kier alpha value is -0.120. The summed E-state index contributed by atoms with van der Waals surface area (Å²) in [6, 6.07) is 0.930. The number of hydrogen-bond donors (Lipinski definition) is 2. The van der Waals surface area contributed by atoms with Crippen LogP contribution in [0.2, 0.25) is 0 Å². The Morgan fingerprint density at radius 1 is 1.18 bits per heavy atom. The first kappa shape index (κ1) is 16.9. The van der Waals surface area contributed by atoms with Gasteiger partial charge in [-0.2, -0.15) is 0 Å². The number of aliphatic hydroxyl groups excluding tert-OH is 1. The fourth-order valence-electron chi connectivity index (χ4n) is 3.01. The molecular weight excluding hydrogens is 212 g/mol. The van der Waals surface area contributed by atoms with E-state index in [0.29, 0.717) is 12.1 Å². The summed E-state index contributed by atoms with van der Waals surface area (Å²) < 4.78 is 0. The van der Waals surface area contributed by atoms with E-state index in [4.69, 9.17) is 5.73 Å². The largest absolute Gasteiger partial charge is 0.395 e. The molecular formula is C14H32N2O. The number of aliphatic hydroxyl groups is 1. The second-order valence-corrected chi connectivity index (χ2v) is 6.10. The van der Waals surface area contributed by atoms with Crippen molar-refractivity contribution in [1.82, 2.24) is 4.90 Å². The molecule has 0 heterocycles. The number of hydrogen-bond acceptors (Lipinski definition) is 3. The Bertz CT molecular complexity index is 195. The van der Waals surface area contributed by atoms with E-state index < -0.39 is 0 Å². The SMILES string of the molecule is CCC(CC)N(CCO)C(C(C)N)C(C)(C)C. The van der Waals surface area contributed by atoms with E-state index >= 15 is 0 Å². The number of rotatable bonds is 7. The van der Waals surface area contributed by atoms with Crippen LogP contribution in [-0.2, 0) is 0 Å². The molecule has 0 rings (SSSR count). The first-order chi connectivity index (χ1) is 7.79. The molecule has 0 aliphatic carbocycles. The van der Waals surface area contributed by atoms with E-state index in [1.54, 1.807) is 0 Å². The molecule has 2 unspecified atom stereocenters. The van der Waals surface area contributed by atoms with Crippen LogP contribution in [0.15, 0.2) is 0 Å². The lowest BCUT2D eigenvalue weighted by Crippen LogP contribution is -2.57. The zero-order valence-corrected chi connectivity index (χ0v) is 12.5. The van der Waals surface area contributed by atoms with Crippen LogP contribution in [0.25, 0.3) is 0 Å². The third-order valence-corrected chi connectivity index (χ3v) is 3.51. The summed E-state index contributed by atoms with van der Waals surface area (Å²) in [5, 5.41) is 9.29. The van der Waals surface area contributed by atoms with Crippen LogP contribution in [0.3, 0.4) is 0 Å². The Balaban J connectivity index is 5.08. The van der Waals surface area contributed by atoms with Crippen molar-refractivity contribution < 1.29 is 5.11 Å². The van der Waals surface area contributed by atoms with Gasteiger partial charge >= 0.3 is 0 Å². The molecule has 0 saturated heterocycles. The van der Waals surface area contributed by atoms with Gasteiger partial charge in [0.25, 0.3) is 0 Å². The Kier molecular flexibility index (Phi) is 7.29. The van der Waals surface area contributed by atoms with Gasteiger partial charge in [-0.1, -0.05) is 34.6 Å². The Morgan fingerprint density at radius 2 is 1.65 bits per heavy atom. The van der Waals surface area contributed by atoms with Gasteiger partial charge in [-0.05, 0) is 25.2 Å². The van der Waals surface area contributed by atoms with Crippen LogP contribution in [0.5, 0.6) is 0 Å². The highest BCUT2D eigenvalue weighted by Crippen LogP contribution is 2.29. The molecule has 17 heavy (non-hydrogen) atoms. The molecule has 0 amide bonds. The fraction of sp³-hybridized carbons (Fsp3) is 1.00.